The minimum Gasteiger partial charge on any atom is -0.354 e. The summed E-state index contributed by atoms with van der Waals surface area (Å²) in [7, 11) is 2.11. The van der Waals surface area contributed by atoms with E-state index < -0.39 is 0 Å². The van der Waals surface area contributed by atoms with Crippen LogP contribution >= 0.6 is 0 Å². The molecule has 1 saturated heterocycles. The third kappa shape index (κ3) is 3.80. The van der Waals surface area contributed by atoms with Gasteiger partial charge in [-0.05, 0) is 19.2 Å². The number of aromatic nitrogens is 2. The minimum atomic E-state index is -0.226. The van der Waals surface area contributed by atoms with E-state index in [1.807, 2.05) is 12.1 Å². The Morgan fingerprint density at radius 1 is 1.25 bits per heavy atom. The smallest absolute Gasteiger partial charge is 0.253 e. The van der Waals surface area contributed by atoms with Crippen LogP contribution < -0.4 is 15.8 Å². The zero-order valence-electron chi connectivity index (χ0n) is 13.7. The van der Waals surface area contributed by atoms with Crippen LogP contribution in [0.3, 0.4) is 0 Å². The second-order valence-electron chi connectivity index (χ2n) is 5.90. The molecule has 0 saturated carbocycles. The first kappa shape index (κ1) is 16.2. The molecule has 3 heterocycles. The Labute approximate surface area is 140 Å². The number of hydrogen-bond donors (Lipinski definition) is 2. The predicted molar refractivity (Wildman–Crippen MR) is 92.2 cm³/mol. The highest BCUT2D eigenvalue weighted by Gasteiger charge is 2.18. The van der Waals surface area contributed by atoms with Gasteiger partial charge in [-0.3, -0.25) is 9.59 Å². The van der Waals surface area contributed by atoms with E-state index in [4.69, 9.17) is 0 Å². The lowest BCUT2D eigenvalue weighted by Gasteiger charge is -2.34. The highest BCUT2D eigenvalue weighted by molar-refractivity contribution is 5.93. The van der Waals surface area contributed by atoms with Gasteiger partial charge in [-0.25, -0.2) is 4.98 Å². The molecule has 7 heteroatoms. The Morgan fingerprint density at radius 3 is 2.75 bits per heavy atom. The molecular formula is C17H21N5O2. The number of likely N-dealkylation sites (N-methyl/N-ethyl adjacent to an activating group) is 1. The van der Waals surface area contributed by atoms with E-state index in [9.17, 15) is 9.59 Å². The number of anilines is 1. The van der Waals surface area contributed by atoms with Gasteiger partial charge in [0.2, 0.25) is 5.56 Å². The Morgan fingerprint density at radius 2 is 2.04 bits per heavy atom. The molecule has 0 spiro atoms. The van der Waals surface area contributed by atoms with E-state index >= 15 is 0 Å². The quantitative estimate of drug-likeness (QED) is 0.852. The van der Waals surface area contributed by atoms with Crippen LogP contribution in [0.4, 0.5) is 5.82 Å². The summed E-state index contributed by atoms with van der Waals surface area (Å²) in [6.07, 6.45) is 3.20. The summed E-state index contributed by atoms with van der Waals surface area (Å²) in [5, 5.41) is 2.88. The van der Waals surface area contributed by atoms with Gasteiger partial charge >= 0.3 is 0 Å². The number of carbonyl (C=O) groups excluding carboxylic acids is 1. The molecule has 1 amide bonds. The van der Waals surface area contributed by atoms with Gasteiger partial charge in [0, 0.05) is 56.7 Å². The van der Waals surface area contributed by atoms with E-state index in [-0.39, 0.29) is 11.5 Å². The number of H-pyrrole nitrogens is 1. The van der Waals surface area contributed by atoms with Gasteiger partial charge in [-0.15, -0.1) is 0 Å². The van der Waals surface area contributed by atoms with Crippen molar-refractivity contribution >= 4 is 11.7 Å². The monoisotopic (exact) mass is 327 g/mol. The van der Waals surface area contributed by atoms with Crippen LogP contribution in [0.15, 0.2) is 41.5 Å². The molecule has 0 aliphatic carbocycles. The summed E-state index contributed by atoms with van der Waals surface area (Å²) in [6, 6.07) is 6.71. The first-order valence-corrected chi connectivity index (χ1v) is 7.98. The van der Waals surface area contributed by atoms with Gasteiger partial charge in [0.25, 0.3) is 5.91 Å². The molecule has 3 rings (SSSR count). The highest BCUT2D eigenvalue weighted by atomic mass is 16.1. The summed E-state index contributed by atoms with van der Waals surface area (Å²) >= 11 is 0. The van der Waals surface area contributed by atoms with E-state index in [0.717, 1.165) is 37.6 Å². The number of aromatic amines is 1. The normalized spacial score (nSPS) is 15.3. The molecule has 1 aliphatic heterocycles. The Bertz CT molecular complexity index is 745. The van der Waals surface area contributed by atoms with Crippen molar-refractivity contribution in [1.82, 2.24) is 20.2 Å². The Hall–Kier alpha value is -2.67. The summed E-state index contributed by atoms with van der Waals surface area (Å²) in [5.74, 6) is 0.701. The van der Waals surface area contributed by atoms with E-state index in [2.05, 4.69) is 32.1 Å². The fraction of sp³-hybridized carbons (Fsp3) is 0.353. The Balaban J connectivity index is 1.68. The zero-order valence-corrected chi connectivity index (χ0v) is 13.7. The zero-order chi connectivity index (χ0) is 16.9. The lowest BCUT2D eigenvalue weighted by atomic mass is 10.2. The number of hydrogen-bond acceptors (Lipinski definition) is 5. The maximum absolute atomic E-state index is 12.2. The van der Waals surface area contributed by atoms with Crippen LogP contribution in [0, 0.1) is 0 Å². The first-order valence-electron chi connectivity index (χ1n) is 7.98. The fourth-order valence-electron chi connectivity index (χ4n) is 2.70. The molecule has 0 bridgehead atoms. The molecule has 2 aromatic rings. The summed E-state index contributed by atoms with van der Waals surface area (Å²) < 4.78 is 0. The van der Waals surface area contributed by atoms with Crippen molar-refractivity contribution in [3.05, 3.63) is 58.1 Å². The number of amides is 1. The van der Waals surface area contributed by atoms with E-state index in [1.165, 1.54) is 18.3 Å². The number of nitrogens with one attached hydrogen (secondary N) is 2. The number of pyridine rings is 2. The topological polar surface area (TPSA) is 81.3 Å². The molecule has 0 radical (unpaired) electrons. The molecule has 1 fully saturated rings. The fourth-order valence-corrected chi connectivity index (χ4v) is 2.70. The van der Waals surface area contributed by atoms with Crippen molar-refractivity contribution < 1.29 is 4.79 Å². The second-order valence-corrected chi connectivity index (χ2v) is 5.90. The van der Waals surface area contributed by atoms with E-state index in [0.29, 0.717) is 12.1 Å². The number of piperazine rings is 1. The van der Waals surface area contributed by atoms with Crippen molar-refractivity contribution in [2.75, 3.05) is 38.1 Å². The molecule has 2 N–H and O–H groups in total. The van der Waals surface area contributed by atoms with Crippen LogP contribution in [-0.2, 0) is 6.54 Å². The largest absolute Gasteiger partial charge is 0.354 e. The van der Waals surface area contributed by atoms with E-state index in [1.54, 1.807) is 6.20 Å². The van der Waals surface area contributed by atoms with Gasteiger partial charge in [-0.2, -0.15) is 0 Å². The maximum Gasteiger partial charge on any atom is 0.253 e. The molecule has 2 aromatic heterocycles. The Kier molecular flexibility index (Phi) is 4.90. The molecule has 0 atom stereocenters. The first-order chi connectivity index (χ1) is 11.6. The average molecular weight is 327 g/mol. The van der Waals surface area contributed by atoms with Gasteiger partial charge in [0.15, 0.2) is 0 Å². The molecular weight excluding hydrogens is 306 g/mol. The summed E-state index contributed by atoms with van der Waals surface area (Å²) in [6.45, 7) is 4.25. The number of rotatable bonds is 4. The predicted octanol–water partition coefficient (Wildman–Crippen LogP) is 0.452. The van der Waals surface area contributed by atoms with Crippen molar-refractivity contribution in [1.29, 1.82) is 0 Å². The van der Waals surface area contributed by atoms with Gasteiger partial charge < -0.3 is 20.1 Å². The summed E-state index contributed by atoms with van der Waals surface area (Å²) in [4.78, 5) is 34.8. The van der Waals surface area contributed by atoms with Crippen molar-refractivity contribution in [2.24, 2.45) is 0 Å². The van der Waals surface area contributed by atoms with Gasteiger partial charge in [0.05, 0.1) is 5.56 Å². The lowest BCUT2D eigenvalue weighted by molar-refractivity contribution is 0.0950. The minimum absolute atomic E-state index is 0.223. The highest BCUT2D eigenvalue weighted by Crippen LogP contribution is 2.18. The maximum atomic E-state index is 12.2. The van der Waals surface area contributed by atoms with Crippen LogP contribution in [0.2, 0.25) is 0 Å². The molecule has 126 valence electrons. The second kappa shape index (κ2) is 7.27. The molecule has 7 nitrogen and oxygen atoms in total. The SMILES string of the molecule is CN1CCN(c2ncccc2CNC(=O)c2ccc(=O)[nH]c2)CC1. The number of carbonyl (C=O) groups is 1. The van der Waals surface area contributed by atoms with Crippen molar-refractivity contribution in [3.63, 3.8) is 0 Å². The lowest BCUT2D eigenvalue weighted by Crippen LogP contribution is -2.45. The third-order valence-corrected chi connectivity index (χ3v) is 4.16. The van der Waals surface area contributed by atoms with Crippen LogP contribution in [0.25, 0.3) is 0 Å². The van der Waals surface area contributed by atoms with Crippen molar-refractivity contribution in [2.45, 2.75) is 6.54 Å². The standard InChI is InChI=1S/C17H21N5O2/c1-21-7-9-22(10-8-21)16-13(3-2-6-18-16)11-20-17(24)14-4-5-15(23)19-12-14/h2-6,12H,7-11H2,1H3,(H,19,23)(H,20,24). The molecule has 0 aromatic carbocycles. The molecule has 0 unspecified atom stereocenters. The molecule has 24 heavy (non-hydrogen) atoms. The van der Waals surface area contributed by atoms with Crippen LogP contribution in [0.1, 0.15) is 15.9 Å². The average Bonchev–Trinajstić information content (AvgIpc) is 2.61. The summed E-state index contributed by atoms with van der Waals surface area (Å²) in [5.41, 5.74) is 1.19. The number of nitrogens with zero attached hydrogens (tertiary/aromatic N) is 3. The van der Waals surface area contributed by atoms with Gasteiger partial charge in [-0.1, -0.05) is 6.07 Å². The van der Waals surface area contributed by atoms with Gasteiger partial charge in [0.1, 0.15) is 5.82 Å². The van der Waals surface area contributed by atoms with Crippen LogP contribution in [-0.4, -0.2) is 54.0 Å². The van der Waals surface area contributed by atoms with Crippen LogP contribution in [0.5, 0.6) is 0 Å². The van der Waals surface area contributed by atoms with Crippen molar-refractivity contribution in [3.8, 4) is 0 Å². The molecule has 1 aliphatic rings. The third-order valence-electron chi connectivity index (χ3n) is 4.16.